The van der Waals surface area contributed by atoms with Crippen LogP contribution in [0, 0.1) is 5.82 Å². The van der Waals surface area contributed by atoms with Crippen LogP contribution in [0.15, 0.2) is 48.8 Å². The van der Waals surface area contributed by atoms with E-state index in [0.717, 1.165) is 12.1 Å². The van der Waals surface area contributed by atoms with Crippen LogP contribution in [0.3, 0.4) is 0 Å². The molecule has 0 bridgehead atoms. The van der Waals surface area contributed by atoms with E-state index in [0.29, 0.717) is 11.3 Å². The largest absolute Gasteiger partial charge is 0.573 e. The molecular weight excluding hydrogens is 342 g/mol. The number of amides is 1. The Bertz CT molecular complexity index is 904. The van der Waals surface area contributed by atoms with Gasteiger partial charge in [0.1, 0.15) is 17.2 Å². The van der Waals surface area contributed by atoms with Crippen molar-refractivity contribution >= 4 is 17.2 Å². The van der Waals surface area contributed by atoms with E-state index in [1.165, 1.54) is 30.5 Å². The number of halogens is 4. The van der Waals surface area contributed by atoms with Gasteiger partial charge in [0.25, 0.3) is 0 Å². The highest BCUT2D eigenvalue weighted by atomic mass is 19.4. The van der Waals surface area contributed by atoms with Crippen molar-refractivity contribution in [2.75, 3.05) is 5.32 Å². The summed E-state index contributed by atoms with van der Waals surface area (Å²) in [5.41, 5.74) is 1.05. The van der Waals surface area contributed by atoms with Crippen LogP contribution < -0.4 is 10.1 Å². The zero-order valence-corrected chi connectivity index (χ0v) is 12.5. The number of aromatic nitrogens is 2. The molecule has 0 fully saturated rings. The first kappa shape index (κ1) is 16.7. The molecule has 5 nitrogen and oxygen atoms in total. The number of hydrogen-bond acceptors (Lipinski definition) is 3. The molecule has 1 aromatic carbocycles. The van der Waals surface area contributed by atoms with Crippen LogP contribution in [-0.2, 0) is 11.2 Å². The lowest BCUT2D eigenvalue weighted by Gasteiger charge is -2.10. The van der Waals surface area contributed by atoms with Crippen molar-refractivity contribution in [2.45, 2.75) is 12.8 Å². The molecule has 3 rings (SSSR count). The monoisotopic (exact) mass is 353 g/mol. The molecule has 2 heterocycles. The van der Waals surface area contributed by atoms with E-state index in [4.69, 9.17) is 0 Å². The summed E-state index contributed by atoms with van der Waals surface area (Å²) >= 11 is 0. The van der Waals surface area contributed by atoms with Gasteiger partial charge in [0.05, 0.1) is 6.42 Å². The summed E-state index contributed by atoms with van der Waals surface area (Å²) in [6.07, 6.45) is -1.83. The minimum Gasteiger partial charge on any atom is -0.406 e. The summed E-state index contributed by atoms with van der Waals surface area (Å²) in [7, 11) is 0. The standard InChI is InChI=1S/C16H11F4N3O2/c17-10-7-12(23-6-5-21-14(23)8-10)9-15(24)22-11-1-3-13(4-2-11)25-16(18,19)20/h1-8H,9H2,(H,22,24). The van der Waals surface area contributed by atoms with Gasteiger partial charge >= 0.3 is 6.36 Å². The molecule has 9 heteroatoms. The number of fused-ring (bicyclic) bond motifs is 1. The van der Waals surface area contributed by atoms with E-state index in [9.17, 15) is 22.4 Å². The van der Waals surface area contributed by atoms with Crippen molar-refractivity contribution in [3.05, 3.63) is 60.3 Å². The highest BCUT2D eigenvalue weighted by Gasteiger charge is 2.30. The van der Waals surface area contributed by atoms with Gasteiger partial charge in [0.2, 0.25) is 5.91 Å². The van der Waals surface area contributed by atoms with Gasteiger partial charge in [-0.15, -0.1) is 13.2 Å². The Balaban J connectivity index is 1.69. The number of nitrogens with zero attached hydrogens (tertiary/aromatic N) is 2. The maximum Gasteiger partial charge on any atom is 0.573 e. The third-order valence-corrected chi connectivity index (χ3v) is 3.26. The molecule has 0 aliphatic rings. The number of nitrogens with one attached hydrogen (secondary N) is 1. The summed E-state index contributed by atoms with van der Waals surface area (Å²) in [6.45, 7) is 0. The first-order chi connectivity index (χ1) is 11.8. The number of benzene rings is 1. The average Bonchev–Trinajstić information content (AvgIpc) is 2.96. The van der Waals surface area contributed by atoms with Crippen LogP contribution in [0.25, 0.3) is 5.65 Å². The first-order valence-corrected chi connectivity index (χ1v) is 7.07. The topological polar surface area (TPSA) is 55.6 Å². The summed E-state index contributed by atoms with van der Waals surface area (Å²) < 4.78 is 55.2. The normalized spacial score (nSPS) is 11.5. The van der Waals surface area contributed by atoms with Crippen molar-refractivity contribution < 1.29 is 27.1 Å². The fraction of sp³-hybridized carbons (Fsp3) is 0.125. The number of carbonyl (C=O) groups excluding carboxylic acids is 1. The second-order valence-electron chi connectivity index (χ2n) is 5.12. The lowest BCUT2D eigenvalue weighted by molar-refractivity contribution is -0.274. The predicted octanol–water partition coefficient (Wildman–Crippen LogP) is 3.55. The molecule has 1 N–H and O–H groups in total. The van der Waals surface area contributed by atoms with Crippen LogP contribution in [0.5, 0.6) is 5.75 Å². The zero-order chi connectivity index (χ0) is 18.0. The van der Waals surface area contributed by atoms with Gasteiger partial charge < -0.3 is 14.5 Å². The Kier molecular flexibility index (Phi) is 4.30. The molecule has 0 unspecified atom stereocenters. The van der Waals surface area contributed by atoms with Crippen molar-refractivity contribution in [3.8, 4) is 5.75 Å². The predicted molar refractivity (Wildman–Crippen MR) is 80.6 cm³/mol. The molecule has 0 spiro atoms. The van der Waals surface area contributed by atoms with Crippen molar-refractivity contribution in [1.82, 2.24) is 9.38 Å². The molecule has 0 radical (unpaired) electrons. The van der Waals surface area contributed by atoms with Crippen LogP contribution in [0.4, 0.5) is 23.2 Å². The highest BCUT2D eigenvalue weighted by molar-refractivity contribution is 5.92. The van der Waals surface area contributed by atoms with E-state index in [-0.39, 0.29) is 12.1 Å². The Morgan fingerprint density at radius 3 is 2.60 bits per heavy atom. The molecule has 25 heavy (non-hydrogen) atoms. The fourth-order valence-corrected chi connectivity index (χ4v) is 2.30. The minimum absolute atomic E-state index is 0.134. The molecule has 3 aromatic rings. The van der Waals surface area contributed by atoms with Gasteiger partial charge in [-0.3, -0.25) is 4.79 Å². The van der Waals surface area contributed by atoms with Crippen molar-refractivity contribution in [1.29, 1.82) is 0 Å². The molecule has 2 aromatic heterocycles. The molecule has 0 saturated heterocycles. The number of anilines is 1. The Hall–Kier alpha value is -3.10. The second-order valence-corrected chi connectivity index (χ2v) is 5.12. The zero-order valence-electron chi connectivity index (χ0n) is 12.5. The fourth-order valence-electron chi connectivity index (χ4n) is 2.30. The van der Waals surface area contributed by atoms with E-state index >= 15 is 0 Å². The summed E-state index contributed by atoms with van der Waals surface area (Å²) in [4.78, 5) is 16.0. The Morgan fingerprint density at radius 1 is 1.20 bits per heavy atom. The molecular formula is C16H11F4N3O2. The lowest BCUT2D eigenvalue weighted by Crippen LogP contribution is -2.18. The highest BCUT2D eigenvalue weighted by Crippen LogP contribution is 2.24. The van der Waals surface area contributed by atoms with Gasteiger partial charge in [-0.05, 0) is 30.3 Å². The van der Waals surface area contributed by atoms with Crippen molar-refractivity contribution in [2.24, 2.45) is 0 Å². The maximum atomic E-state index is 13.5. The van der Waals surface area contributed by atoms with E-state index < -0.39 is 23.8 Å². The molecule has 0 atom stereocenters. The van der Waals surface area contributed by atoms with Crippen molar-refractivity contribution in [3.63, 3.8) is 0 Å². The third kappa shape index (κ3) is 4.25. The lowest BCUT2D eigenvalue weighted by atomic mass is 10.2. The van der Waals surface area contributed by atoms with E-state index in [1.54, 1.807) is 10.6 Å². The number of hydrogen-bond donors (Lipinski definition) is 1. The third-order valence-electron chi connectivity index (χ3n) is 3.26. The molecule has 130 valence electrons. The number of pyridine rings is 1. The number of ether oxygens (including phenoxy) is 1. The van der Waals surface area contributed by atoms with Gasteiger partial charge in [-0.25, -0.2) is 9.37 Å². The van der Waals surface area contributed by atoms with Gasteiger partial charge in [-0.2, -0.15) is 0 Å². The van der Waals surface area contributed by atoms with Crippen LogP contribution >= 0.6 is 0 Å². The van der Waals surface area contributed by atoms with Gasteiger partial charge in [-0.1, -0.05) is 0 Å². The quantitative estimate of drug-likeness (QED) is 0.730. The second kappa shape index (κ2) is 6.42. The molecule has 0 saturated carbocycles. The van der Waals surface area contributed by atoms with Crippen LogP contribution in [0.2, 0.25) is 0 Å². The van der Waals surface area contributed by atoms with Gasteiger partial charge in [0, 0.05) is 29.8 Å². The van der Waals surface area contributed by atoms with E-state index in [1.807, 2.05) is 0 Å². The van der Waals surface area contributed by atoms with Crippen LogP contribution in [-0.4, -0.2) is 21.7 Å². The number of alkyl halides is 3. The first-order valence-electron chi connectivity index (χ1n) is 7.07. The SMILES string of the molecule is O=C(Cc1cc(F)cc2nccn12)Nc1ccc(OC(F)(F)F)cc1. The number of imidazole rings is 1. The van der Waals surface area contributed by atoms with Crippen LogP contribution in [0.1, 0.15) is 5.69 Å². The number of rotatable bonds is 4. The van der Waals surface area contributed by atoms with E-state index in [2.05, 4.69) is 15.0 Å². The maximum absolute atomic E-state index is 13.5. The molecule has 0 aliphatic carbocycles. The summed E-state index contributed by atoms with van der Waals surface area (Å²) in [5, 5.41) is 2.52. The molecule has 0 aliphatic heterocycles. The Labute approximate surface area is 138 Å². The number of carbonyl (C=O) groups is 1. The average molecular weight is 353 g/mol. The smallest absolute Gasteiger partial charge is 0.406 e. The summed E-state index contributed by atoms with van der Waals surface area (Å²) in [6, 6.07) is 7.17. The molecule has 1 amide bonds. The van der Waals surface area contributed by atoms with Gasteiger partial charge in [0.15, 0.2) is 0 Å². The minimum atomic E-state index is -4.78. The Morgan fingerprint density at radius 2 is 1.92 bits per heavy atom. The summed E-state index contributed by atoms with van der Waals surface area (Å²) in [5.74, 6) is -1.36.